The zero-order valence-corrected chi connectivity index (χ0v) is 12.1. The van der Waals surface area contributed by atoms with E-state index in [4.69, 9.17) is 16.3 Å². The van der Waals surface area contributed by atoms with Crippen LogP contribution in [0.15, 0.2) is 18.2 Å². The number of ether oxygens (including phenoxy) is 1. The molecule has 2 atom stereocenters. The van der Waals surface area contributed by atoms with E-state index >= 15 is 0 Å². The van der Waals surface area contributed by atoms with E-state index in [0.717, 1.165) is 36.3 Å². The Morgan fingerprint density at radius 2 is 2.11 bits per heavy atom. The molecule has 18 heavy (non-hydrogen) atoms. The summed E-state index contributed by atoms with van der Waals surface area (Å²) in [5.41, 5.74) is 1.96. The predicted octanol–water partition coefficient (Wildman–Crippen LogP) is 2.72. The van der Waals surface area contributed by atoms with Crippen molar-refractivity contribution < 1.29 is 13.2 Å². The molecule has 0 fully saturated rings. The van der Waals surface area contributed by atoms with Crippen LogP contribution in [0.4, 0.5) is 0 Å². The fraction of sp³-hybridized carbons (Fsp3) is 0.538. The van der Waals surface area contributed by atoms with Crippen molar-refractivity contribution in [3.63, 3.8) is 0 Å². The Kier molecular flexibility index (Phi) is 3.87. The third-order valence-electron chi connectivity index (χ3n) is 3.34. The molecular weight excluding hydrogens is 272 g/mol. The van der Waals surface area contributed by atoms with Gasteiger partial charge in [-0.3, -0.25) is 0 Å². The van der Waals surface area contributed by atoms with Crippen molar-refractivity contribution in [3.05, 3.63) is 29.3 Å². The molecule has 0 radical (unpaired) electrons. The van der Waals surface area contributed by atoms with Gasteiger partial charge >= 0.3 is 0 Å². The lowest BCUT2D eigenvalue weighted by atomic mass is 10.0. The summed E-state index contributed by atoms with van der Waals surface area (Å²) in [6.07, 6.45) is 3.17. The molecule has 0 N–H and O–H groups in total. The summed E-state index contributed by atoms with van der Waals surface area (Å²) >= 11 is 6.26. The van der Waals surface area contributed by atoms with E-state index in [0.29, 0.717) is 0 Å². The minimum atomic E-state index is -3.13. The molecule has 0 aliphatic carbocycles. The van der Waals surface area contributed by atoms with Crippen LogP contribution in [0.3, 0.4) is 0 Å². The number of halogens is 1. The van der Waals surface area contributed by atoms with Gasteiger partial charge in [-0.1, -0.05) is 12.1 Å². The van der Waals surface area contributed by atoms with E-state index in [9.17, 15) is 8.42 Å². The van der Waals surface area contributed by atoms with Crippen LogP contribution in [0.25, 0.3) is 0 Å². The molecule has 0 saturated heterocycles. The van der Waals surface area contributed by atoms with Gasteiger partial charge in [-0.25, -0.2) is 8.42 Å². The van der Waals surface area contributed by atoms with Gasteiger partial charge in [-0.2, -0.15) is 0 Å². The highest BCUT2D eigenvalue weighted by Crippen LogP contribution is 2.33. The summed E-state index contributed by atoms with van der Waals surface area (Å²) in [5.74, 6) is 0.890. The highest BCUT2D eigenvalue weighted by molar-refractivity contribution is 7.91. The van der Waals surface area contributed by atoms with E-state index in [1.54, 1.807) is 6.92 Å². The number of hydrogen-bond donors (Lipinski definition) is 0. The SMILES string of the molecule is CC(C(Cl)c1ccc2c(c1)CCCO2)S(C)(=O)=O. The molecule has 0 amide bonds. The minimum absolute atomic E-state index is 0.521. The standard InChI is InChI=1S/C13H17ClO3S/c1-9(18(2,15)16)13(14)11-5-6-12-10(8-11)4-3-7-17-12/h5-6,8-9,13H,3-4,7H2,1-2H3. The maximum atomic E-state index is 11.5. The van der Waals surface area contributed by atoms with Crippen molar-refractivity contribution >= 4 is 21.4 Å². The molecule has 0 bridgehead atoms. The molecule has 3 nitrogen and oxygen atoms in total. The van der Waals surface area contributed by atoms with E-state index in [1.165, 1.54) is 6.26 Å². The second-order valence-electron chi connectivity index (χ2n) is 4.76. The lowest BCUT2D eigenvalue weighted by Gasteiger charge is -2.21. The van der Waals surface area contributed by atoms with Crippen LogP contribution in [0.1, 0.15) is 29.8 Å². The van der Waals surface area contributed by atoms with E-state index < -0.39 is 20.5 Å². The van der Waals surface area contributed by atoms with E-state index in [1.807, 2.05) is 18.2 Å². The van der Waals surface area contributed by atoms with Gasteiger partial charge < -0.3 is 4.74 Å². The molecule has 2 rings (SSSR count). The molecule has 1 heterocycles. The minimum Gasteiger partial charge on any atom is -0.493 e. The molecule has 5 heteroatoms. The highest BCUT2D eigenvalue weighted by atomic mass is 35.5. The Hall–Kier alpha value is -0.740. The second-order valence-corrected chi connectivity index (χ2v) is 7.63. The van der Waals surface area contributed by atoms with Crippen molar-refractivity contribution in [2.75, 3.05) is 12.9 Å². The molecule has 0 saturated carbocycles. The Balaban J connectivity index is 2.29. The average molecular weight is 289 g/mol. The maximum absolute atomic E-state index is 11.5. The second kappa shape index (κ2) is 5.10. The molecule has 1 aliphatic rings. The monoisotopic (exact) mass is 288 g/mol. The van der Waals surface area contributed by atoms with Gasteiger partial charge in [0.25, 0.3) is 0 Å². The maximum Gasteiger partial charge on any atom is 0.151 e. The third-order valence-corrected chi connectivity index (χ3v) is 5.74. The molecule has 1 aliphatic heterocycles. The highest BCUT2D eigenvalue weighted by Gasteiger charge is 2.26. The summed E-state index contributed by atoms with van der Waals surface area (Å²) in [4.78, 5) is 0. The number of rotatable bonds is 3. The first-order valence-corrected chi connectivity index (χ1v) is 8.37. The zero-order valence-electron chi connectivity index (χ0n) is 10.5. The first-order chi connectivity index (χ1) is 8.39. The van der Waals surface area contributed by atoms with Crippen molar-refractivity contribution in [2.45, 2.75) is 30.4 Å². The number of hydrogen-bond acceptors (Lipinski definition) is 3. The molecule has 1 aromatic carbocycles. The number of fused-ring (bicyclic) bond motifs is 1. The molecule has 0 aromatic heterocycles. The number of benzene rings is 1. The van der Waals surface area contributed by atoms with Crippen molar-refractivity contribution in [1.82, 2.24) is 0 Å². The third kappa shape index (κ3) is 2.81. The molecule has 2 unspecified atom stereocenters. The molecule has 100 valence electrons. The van der Waals surface area contributed by atoms with Crippen LogP contribution in [0, 0.1) is 0 Å². The van der Waals surface area contributed by atoms with Crippen molar-refractivity contribution in [2.24, 2.45) is 0 Å². The fourth-order valence-electron chi connectivity index (χ4n) is 2.04. The summed E-state index contributed by atoms with van der Waals surface area (Å²) in [5, 5.41) is -1.12. The molecular formula is C13H17ClO3S. The largest absolute Gasteiger partial charge is 0.493 e. The fourth-order valence-corrected chi connectivity index (χ4v) is 3.33. The Morgan fingerprint density at radius 3 is 2.78 bits per heavy atom. The van der Waals surface area contributed by atoms with Gasteiger partial charge in [0.05, 0.1) is 17.2 Å². The Bertz CT molecular complexity index is 539. The van der Waals surface area contributed by atoms with Gasteiger partial charge in [0.15, 0.2) is 9.84 Å². The lowest BCUT2D eigenvalue weighted by Crippen LogP contribution is -2.21. The lowest BCUT2D eigenvalue weighted by molar-refractivity contribution is 0.288. The van der Waals surface area contributed by atoms with Gasteiger partial charge in [-0.05, 0) is 37.0 Å². The smallest absolute Gasteiger partial charge is 0.151 e. The van der Waals surface area contributed by atoms with E-state index in [2.05, 4.69) is 0 Å². The van der Waals surface area contributed by atoms with Gasteiger partial charge in [0.2, 0.25) is 0 Å². The summed E-state index contributed by atoms with van der Waals surface area (Å²) in [7, 11) is -3.13. The van der Waals surface area contributed by atoms with Crippen LogP contribution >= 0.6 is 11.6 Å². The predicted molar refractivity (Wildman–Crippen MR) is 73.2 cm³/mol. The van der Waals surface area contributed by atoms with Crippen LogP contribution < -0.4 is 4.74 Å². The number of sulfone groups is 1. The topological polar surface area (TPSA) is 43.4 Å². The van der Waals surface area contributed by atoms with E-state index in [-0.39, 0.29) is 0 Å². The van der Waals surface area contributed by atoms with Crippen LogP contribution in [0.5, 0.6) is 5.75 Å². The molecule has 0 spiro atoms. The van der Waals surface area contributed by atoms with Crippen molar-refractivity contribution in [1.29, 1.82) is 0 Å². The first kappa shape index (κ1) is 13.7. The summed E-state index contributed by atoms with van der Waals surface area (Å²) in [6, 6.07) is 5.70. The van der Waals surface area contributed by atoms with Crippen molar-refractivity contribution in [3.8, 4) is 5.75 Å². The summed E-state index contributed by atoms with van der Waals surface area (Å²) < 4.78 is 28.6. The number of alkyl halides is 1. The molecule has 1 aromatic rings. The van der Waals surface area contributed by atoms with Crippen LogP contribution in [0.2, 0.25) is 0 Å². The van der Waals surface area contributed by atoms with Crippen LogP contribution in [-0.2, 0) is 16.3 Å². The number of aryl methyl sites for hydroxylation is 1. The Labute approximate surface area is 113 Å². The quantitative estimate of drug-likeness (QED) is 0.803. The zero-order chi connectivity index (χ0) is 13.3. The Morgan fingerprint density at radius 1 is 1.39 bits per heavy atom. The van der Waals surface area contributed by atoms with Gasteiger partial charge in [0, 0.05) is 6.26 Å². The van der Waals surface area contributed by atoms with Gasteiger partial charge in [0.1, 0.15) is 5.75 Å². The average Bonchev–Trinajstić information content (AvgIpc) is 2.35. The first-order valence-electron chi connectivity index (χ1n) is 5.98. The van der Waals surface area contributed by atoms with Crippen LogP contribution in [-0.4, -0.2) is 26.5 Å². The normalized spacial score (nSPS) is 18.6. The summed E-state index contributed by atoms with van der Waals surface area (Å²) in [6.45, 7) is 2.39. The van der Waals surface area contributed by atoms with Gasteiger partial charge in [-0.15, -0.1) is 11.6 Å².